The van der Waals surface area contributed by atoms with E-state index in [1.807, 2.05) is 53.2 Å². The number of ketones is 1. The Kier molecular flexibility index (Phi) is 3.91. The molecule has 0 spiro atoms. The zero-order valence-corrected chi connectivity index (χ0v) is 13.7. The van der Waals surface area contributed by atoms with E-state index in [-0.39, 0.29) is 11.7 Å². The third kappa shape index (κ3) is 2.74. The number of aromatic nitrogens is 2. The van der Waals surface area contributed by atoms with Crippen molar-refractivity contribution in [3.05, 3.63) is 71.9 Å². The maximum atomic E-state index is 12.2. The van der Waals surface area contributed by atoms with Crippen LogP contribution < -0.4 is 0 Å². The van der Waals surface area contributed by atoms with Crippen LogP contribution in [0.5, 0.6) is 0 Å². The maximum Gasteiger partial charge on any atom is 0.140 e. The largest absolute Gasteiger partial charge is 0.299 e. The van der Waals surface area contributed by atoms with Crippen LogP contribution in [0, 0.1) is 17.2 Å². The summed E-state index contributed by atoms with van der Waals surface area (Å²) >= 11 is 0. The standard InChI is InChI=1S/C21H17N3O/c22-14-16-8-1-4-10-19(16)24-20-11-5-3-9-17(20)18(23-24)13-15-7-2-6-12-21(15)25/h1-5,7-11,15H,6,12-13H2/t15-/m1/s1. The van der Waals surface area contributed by atoms with Gasteiger partial charge in [-0.15, -0.1) is 0 Å². The highest BCUT2D eigenvalue weighted by atomic mass is 16.1. The highest BCUT2D eigenvalue weighted by Crippen LogP contribution is 2.27. The van der Waals surface area contributed by atoms with E-state index in [2.05, 4.69) is 12.1 Å². The fourth-order valence-corrected chi connectivity index (χ4v) is 3.39. The zero-order chi connectivity index (χ0) is 17.2. The number of carbonyl (C=O) groups is 1. The van der Waals surface area contributed by atoms with E-state index in [4.69, 9.17) is 5.10 Å². The number of allylic oxidation sites excluding steroid dienone is 2. The molecule has 1 aromatic heterocycles. The van der Waals surface area contributed by atoms with Crippen molar-refractivity contribution in [1.82, 2.24) is 9.78 Å². The first kappa shape index (κ1) is 15.3. The topological polar surface area (TPSA) is 58.7 Å². The van der Waals surface area contributed by atoms with Gasteiger partial charge in [0, 0.05) is 24.1 Å². The van der Waals surface area contributed by atoms with E-state index in [9.17, 15) is 10.1 Å². The second-order valence-corrected chi connectivity index (χ2v) is 6.25. The molecule has 1 heterocycles. The lowest BCUT2D eigenvalue weighted by atomic mass is 9.90. The third-order valence-electron chi connectivity index (χ3n) is 4.67. The number of hydrogen-bond acceptors (Lipinski definition) is 3. The van der Waals surface area contributed by atoms with Crippen molar-refractivity contribution in [2.24, 2.45) is 5.92 Å². The van der Waals surface area contributed by atoms with Gasteiger partial charge in [0.2, 0.25) is 0 Å². The monoisotopic (exact) mass is 327 g/mol. The molecule has 0 fully saturated rings. The number of nitrogens with zero attached hydrogens (tertiary/aromatic N) is 3. The van der Waals surface area contributed by atoms with E-state index in [0.717, 1.165) is 28.7 Å². The van der Waals surface area contributed by atoms with Crippen LogP contribution >= 0.6 is 0 Å². The molecular weight excluding hydrogens is 310 g/mol. The zero-order valence-electron chi connectivity index (χ0n) is 13.7. The Morgan fingerprint density at radius 1 is 1.16 bits per heavy atom. The predicted molar refractivity (Wildman–Crippen MR) is 96.4 cm³/mol. The summed E-state index contributed by atoms with van der Waals surface area (Å²) in [5, 5.41) is 15.2. The van der Waals surface area contributed by atoms with Crippen LogP contribution in [0.2, 0.25) is 0 Å². The van der Waals surface area contributed by atoms with E-state index in [0.29, 0.717) is 18.4 Å². The van der Waals surface area contributed by atoms with Gasteiger partial charge in [0.05, 0.1) is 22.5 Å². The molecule has 4 rings (SSSR count). The molecule has 3 aromatic rings. The van der Waals surface area contributed by atoms with E-state index < -0.39 is 0 Å². The number of carbonyl (C=O) groups excluding carboxylic acids is 1. The molecule has 0 amide bonds. The molecule has 0 unspecified atom stereocenters. The van der Waals surface area contributed by atoms with Crippen molar-refractivity contribution in [3.63, 3.8) is 0 Å². The molecule has 0 saturated heterocycles. The lowest BCUT2D eigenvalue weighted by molar-refractivity contribution is -0.121. The van der Waals surface area contributed by atoms with Gasteiger partial charge in [-0.05, 0) is 24.6 Å². The normalized spacial score (nSPS) is 16.9. The quantitative estimate of drug-likeness (QED) is 0.684. The van der Waals surface area contributed by atoms with Crippen LogP contribution in [0.3, 0.4) is 0 Å². The summed E-state index contributed by atoms with van der Waals surface area (Å²) in [5.41, 5.74) is 3.19. The lowest BCUT2D eigenvalue weighted by Gasteiger charge is -2.13. The first-order valence-corrected chi connectivity index (χ1v) is 8.43. The molecule has 1 atom stereocenters. The minimum absolute atomic E-state index is 0.105. The van der Waals surface area contributed by atoms with Gasteiger partial charge in [-0.1, -0.05) is 42.5 Å². The van der Waals surface area contributed by atoms with Crippen molar-refractivity contribution < 1.29 is 4.79 Å². The molecule has 4 heteroatoms. The Morgan fingerprint density at radius 2 is 1.96 bits per heavy atom. The van der Waals surface area contributed by atoms with E-state index >= 15 is 0 Å². The van der Waals surface area contributed by atoms with E-state index in [1.54, 1.807) is 6.07 Å². The highest BCUT2D eigenvalue weighted by Gasteiger charge is 2.22. The molecule has 0 bridgehead atoms. The van der Waals surface area contributed by atoms with Gasteiger partial charge >= 0.3 is 0 Å². The molecule has 2 aromatic carbocycles. The summed E-state index contributed by atoms with van der Waals surface area (Å²) < 4.78 is 1.82. The lowest BCUT2D eigenvalue weighted by Crippen LogP contribution is -2.17. The number of para-hydroxylation sites is 2. The van der Waals surface area contributed by atoms with Crippen molar-refractivity contribution in [2.45, 2.75) is 19.3 Å². The predicted octanol–water partition coefficient (Wildman–Crippen LogP) is 3.97. The summed E-state index contributed by atoms with van der Waals surface area (Å²) in [6.45, 7) is 0. The fourth-order valence-electron chi connectivity index (χ4n) is 3.39. The molecular formula is C21H17N3O. The van der Waals surface area contributed by atoms with Crippen molar-refractivity contribution >= 4 is 16.7 Å². The Hall–Kier alpha value is -3.19. The van der Waals surface area contributed by atoms with Crippen LogP contribution in [-0.2, 0) is 11.2 Å². The minimum Gasteiger partial charge on any atom is -0.299 e. The second-order valence-electron chi connectivity index (χ2n) is 6.25. The average Bonchev–Trinajstić information content (AvgIpc) is 3.02. The SMILES string of the molecule is N#Cc1ccccc1-n1nc(C[C@H]2C=CCCC2=O)c2ccccc21. The van der Waals surface area contributed by atoms with Gasteiger partial charge in [-0.3, -0.25) is 4.79 Å². The molecule has 1 aliphatic rings. The third-order valence-corrected chi connectivity index (χ3v) is 4.67. The van der Waals surface area contributed by atoms with Gasteiger partial charge in [0.25, 0.3) is 0 Å². The Morgan fingerprint density at radius 3 is 2.80 bits per heavy atom. The molecule has 4 nitrogen and oxygen atoms in total. The summed E-state index contributed by atoms with van der Waals surface area (Å²) in [7, 11) is 0. The second kappa shape index (κ2) is 6.37. The van der Waals surface area contributed by atoms with Crippen LogP contribution in [0.25, 0.3) is 16.6 Å². The molecule has 0 saturated carbocycles. The smallest absolute Gasteiger partial charge is 0.140 e. The first-order chi connectivity index (χ1) is 12.3. The number of hydrogen-bond donors (Lipinski definition) is 0. The molecule has 0 aliphatic heterocycles. The number of nitriles is 1. The fraction of sp³-hybridized carbons (Fsp3) is 0.190. The molecule has 122 valence electrons. The van der Waals surface area contributed by atoms with Crippen LogP contribution in [-0.4, -0.2) is 15.6 Å². The van der Waals surface area contributed by atoms with Crippen LogP contribution in [0.15, 0.2) is 60.7 Å². The van der Waals surface area contributed by atoms with Gasteiger partial charge in [-0.2, -0.15) is 10.4 Å². The number of Topliss-reactive ketones (excluding diaryl/α,β-unsaturated/α-hetero) is 1. The van der Waals surface area contributed by atoms with Crippen LogP contribution in [0.4, 0.5) is 0 Å². The average molecular weight is 327 g/mol. The molecule has 25 heavy (non-hydrogen) atoms. The Balaban J connectivity index is 1.85. The van der Waals surface area contributed by atoms with Gasteiger partial charge in [0.1, 0.15) is 11.9 Å². The van der Waals surface area contributed by atoms with Crippen LogP contribution in [0.1, 0.15) is 24.1 Å². The molecule has 1 aliphatic carbocycles. The van der Waals surface area contributed by atoms with Gasteiger partial charge in [0.15, 0.2) is 0 Å². The highest BCUT2D eigenvalue weighted by molar-refractivity contribution is 5.87. The molecule has 0 N–H and O–H groups in total. The first-order valence-electron chi connectivity index (χ1n) is 8.43. The summed E-state index contributed by atoms with van der Waals surface area (Å²) in [5.74, 6) is 0.172. The van der Waals surface area contributed by atoms with Gasteiger partial charge in [-0.25, -0.2) is 4.68 Å². The van der Waals surface area contributed by atoms with Crippen molar-refractivity contribution in [3.8, 4) is 11.8 Å². The summed E-state index contributed by atoms with van der Waals surface area (Å²) in [6, 6.07) is 17.6. The summed E-state index contributed by atoms with van der Waals surface area (Å²) in [6.07, 6.45) is 6.12. The number of rotatable bonds is 3. The number of benzene rings is 2. The minimum atomic E-state index is -0.105. The Labute approximate surface area is 146 Å². The summed E-state index contributed by atoms with van der Waals surface area (Å²) in [4.78, 5) is 12.2. The number of fused-ring (bicyclic) bond motifs is 1. The van der Waals surface area contributed by atoms with E-state index in [1.165, 1.54) is 0 Å². The van der Waals surface area contributed by atoms with Gasteiger partial charge < -0.3 is 0 Å². The van der Waals surface area contributed by atoms with Crippen molar-refractivity contribution in [1.29, 1.82) is 5.26 Å². The Bertz CT molecular complexity index is 1020. The molecule has 0 radical (unpaired) electrons. The maximum absolute atomic E-state index is 12.2. The van der Waals surface area contributed by atoms with Crippen molar-refractivity contribution in [2.75, 3.05) is 0 Å².